The fourth-order valence-electron chi connectivity index (χ4n) is 2.46. The summed E-state index contributed by atoms with van der Waals surface area (Å²) in [6.07, 6.45) is 3.21. The van der Waals surface area contributed by atoms with Crippen molar-refractivity contribution in [2.75, 3.05) is 0 Å². The van der Waals surface area contributed by atoms with Crippen LogP contribution < -0.4 is 5.73 Å². The second-order valence-corrected chi connectivity index (χ2v) is 5.23. The molecular formula is C18H23N. The van der Waals surface area contributed by atoms with Gasteiger partial charge in [0.05, 0.1) is 0 Å². The monoisotopic (exact) mass is 253 g/mol. The molecule has 0 aliphatic carbocycles. The molecule has 0 aliphatic rings. The summed E-state index contributed by atoms with van der Waals surface area (Å²) in [6, 6.07) is 17.3. The number of nitrogens with two attached hydrogens (primary N) is 1. The number of hydrogen-bond acceptors (Lipinski definition) is 1. The van der Waals surface area contributed by atoms with Gasteiger partial charge in [-0.3, -0.25) is 0 Å². The van der Waals surface area contributed by atoms with E-state index in [1.54, 1.807) is 0 Å². The highest BCUT2D eigenvalue weighted by atomic mass is 14.6. The lowest BCUT2D eigenvalue weighted by atomic mass is 9.95. The average Bonchev–Trinajstić information content (AvgIpc) is 2.42. The molecule has 1 unspecified atom stereocenters. The highest BCUT2D eigenvalue weighted by molar-refractivity contribution is 5.31. The van der Waals surface area contributed by atoms with E-state index in [2.05, 4.69) is 62.4 Å². The van der Waals surface area contributed by atoms with Crippen molar-refractivity contribution in [3.63, 3.8) is 0 Å². The van der Waals surface area contributed by atoms with E-state index in [1.165, 1.54) is 28.7 Å². The van der Waals surface area contributed by atoms with Crippen LogP contribution >= 0.6 is 0 Å². The molecular weight excluding hydrogens is 230 g/mol. The summed E-state index contributed by atoms with van der Waals surface area (Å²) in [5.74, 6) is 0. The molecule has 0 fully saturated rings. The van der Waals surface area contributed by atoms with E-state index < -0.39 is 0 Å². The molecule has 0 radical (unpaired) electrons. The van der Waals surface area contributed by atoms with Gasteiger partial charge in [0.15, 0.2) is 0 Å². The van der Waals surface area contributed by atoms with Gasteiger partial charge in [-0.15, -0.1) is 0 Å². The molecule has 100 valence electrons. The Kier molecular flexibility index (Phi) is 4.75. The molecule has 0 saturated heterocycles. The third kappa shape index (κ3) is 3.68. The van der Waals surface area contributed by atoms with Crippen molar-refractivity contribution in [3.8, 4) is 0 Å². The highest BCUT2D eigenvalue weighted by Gasteiger charge is 2.09. The average molecular weight is 253 g/mol. The summed E-state index contributed by atoms with van der Waals surface area (Å²) >= 11 is 0. The van der Waals surface area contributed by atoms with Crippen LogP contribution in [-0.2, 0) is 12.8 Å². The van der Waals surface area contributed by atoms with E-state index in [9.17, 15) is 0 Å². The van der Waals surface area contributed by atoms with Gasteiger partial charge < -0.3 is 5.73 Å². The van der Waals surface area contributed by atoms with Crippen molar-refractivity contribution in [2.24, 2.45) is 5.73 Å². The molecule has 19 heavy (non-hydrogen) atoms. The highest BCUT2D eigenvalue weighted by Crippen LogP contribution is 2.19. The van der Waals surface area contributed by atoms with Gasteiger partial charge in [0.1, 0.15) is 0 Å². The van der Waals surface area contributed by atoms with Gasteiger partial charge in [-0.25, -0.2) is 0 Å². The smallest absolute Gasteiger partial charge is 0.0335 e. The summed E-state index contributed by atoms with van der Waals surface area (Å²) in [7, 11) is 0. The van der Waals surface area contributed by atoms with Crippen LogP contribution in [0.3, 0.4) is 0 Å². The van der Waals surface area contributed by atoms with Crippen LogP contribution in [0.15, 0.2) is 48.5 Å². The summed E-state index contributed by atoms with van der Waals surface area (Å²) in [5, 5.41) is 0. The first-order valence-corrected chi connectivity index (χ1v) is 7.09. The lowest BCUT2D eigenvalue weighted by molar-refractivity contribution is 0.716. The molecule has 0 saturated carbocycles. The normalized spacial score (nSPS) is 12.4. The van der Waals surface area contributed by atoms with Crippen molar-refractivity contribution in [1.82, 2.24) is 0 Å². The third-order valence-corrected chi connectivity index (χ3v) is 3.62. The fraction of sp³-hybridized carbons (Fsp3) is 0.333. The minimum absolute atomic E-state index is 0.0814. The van der Waals surface area contributed by atoms with E-state index in [1.807, 2.05) is 0 Å². The minimum Gasteiger partial charge on any atom is -0.324 e. The number of aryl methyl sites for hydroxylation is 2. The van der Waals surface area contributed by atoms with Crippen LogP contribution in [0, 0.1) is 6.92 Å². The second-order valence-electron chi connectivity index (χ2n) is 5.23. The van der Waals surface area contributed by atoms with E-state index in [-0.39, 0.29) is 6.04 Å². The SMILES string of the molecule is CCCc1cccc(C(N)Cc2ccccc2C)c1. The van der Waals surface area contributed by atoms with Crippen LogP contribution in [0.4, 0.5) is 0 Å². The number of hydrogen-bond donors (Lipinski definition) is 1. The standard InChI is InChI=1S/C18H23N/c1-3-7-15-9-6-11-17(12-15)18(19)13-16-10-5-4-8-14(16)2/h4-6,8-12,18H,3,7,13,19H2,1-2H3. The van der Waals surface area contributed by atoms with Gasteiger partial charge in [0, 0.05) is 6.04 Å². The van der Waals surface area contributed by atoms with Gasteiger partial charge in [-0.05, 0) is 42.0 Å². The molecule has 0 aromatic heterocycles. The van der Waals surface area contributed by atoms with Crippen LogP contribution in [0.2, 0.25) is 0 Å². The van der Waals surface area contributed by atoms with Crippen LogP contribution in [-0.4, -0.2) is 0 Å². The zero-order chi connectivity index (χ0) is 13.7. The molecule has 1 atom stereocenters. The van der Waals surface area contributed by atoms with Crippen molar-refractivity contribution in [3.05, 3.63) is 70.8 Å². The van der Waals surface area contributed by atoms with E-state index in [4.69, 9.17) is 5.73 Å². The van der Waals surface area contributed by atoms with Crippen molar-refractivity contribution in [2.45, 2.75) is 39.2 Å². The Balaban J connectivity index is 2.13. The van der Waals surface area contributed by atoms with Crippen LogP contribution in [0.1, 0.15) is 41.6 Å². The molecule has 2 aromatic rings. The quantitative estimate of drug-likeness (QED) is 0.849. The summed E-state index contributed by atoms with van der Waals surface area (Å²) in [4.78, 5) is 0. The van der Waals surface area contributed by atoms with Crippen molar-refractivity contribution in [1.29, 1.82) is 0 Å². The lowest BCUT2D eigenvalue weighted by Crippen LogP contribution is -2.14. The lowest BCUT2D eigenvalue weighted by Gasteiger charge is -2.15. The molecule has 2 rings (SSSR count). The number of benzene rings is 2. The summed E-state index contributed by atoms with van der Waals surface area (Å²) in [5.41, 5.74) is 11.7. The molecule has 0 amide bonds. The van der Waals surface area contributed by atoms with E-state index in [0.29, 0.717) is 0 Å². The predicted octanol–water partition coefficient (Wildman–Crippen LogP) is 4.19. The van der Waals surface area contributed by atoms with Gasteiger partial charge in [-0.1, -0.05) is 61.9 Å². The second kappa shape index (κ2) is 6.53. The Morgan fingerprint density at radius 3 is 2.58 bits per heavy atom. The minimum atomic E-state index is 0.0814. The Hall–Kier alpha value is -1.60. The van der Waals surface area contributed by atoms with Crippen molar-refractivity contribution >= 4 is 0 Å². The molecule has 0 spiro atoms. The largest absolute Gasteiger partial charge is 0.324 e. The Labute approximate surface area is 116 Å². The Morgan fingerprint density at radius 1 is 1.05 bits per heavy atom. The molecule has 2 aromatic carbocycles. The molecule has 0 bridgehead atoms. The maximum absolute atomic E-state index is 6.36. The van der Waals surface area contributed by atoms with Gasteiger partial charge in [0.2, 0.25) is 0 Å². The number of rotatable bonds is 5. The molecule has 1 nitrogen and oxygen atoms in total. The van der Waals surface area contributed by atoms with E-state index in [0.717, 1.165) is 12.8 Å². The topological polar surface area (TPSA) is 26.0 Å². The first-order valence-electron chi connectivity index (χ1n) is 7.09. The summed E-state index contributed by atoms with van der Waals surface area (Å²) < 4.78 is 0. The summed E-state index contributed by atoms with van der Waals surface area (Å²) in [6.45, 7) is 4.36. The fourth-order valence-corrected chi connectivity index (χ4v) is 2.46. The third-order valence-electron chi connectivity index (χ3n) is 3.62. The van der Waals surface area contributed by atoms with Gasteiger partial charge >= 0.3 is 0 Å². The molecule has 1 heteroatoms. The first-order chi connectivity index (χ1) is 9.20. The zero-order valence-corrected chi connectivity index (χ0v) is 11.9. The van der Waals surface area contributed by atoms with Crippen LogP contribution in [0.25, 0.3) is 0 Å². The van der Waals surface area contributed by atoms with E-state index >= 15 is 0 Å². The molecule has 0 aliphatic heterocycles. The molecule has 2 N–H and O–H groups in total. The van der Waals surface area contributed by atoms with Gasteiger partial charge in [0.25, 0.3) is 0 Å². The maximum Gasteiger partial charge on any atom is 0.0335 e. The van der Waals surface area contributed by atoms with Crippen LogP contribution in [0.5, 0.6) is 0 Å². The van der Waals surface area contributed by atoms with Gasteiger partial charge in [-0.2, -0.15) is 0 Å². The Morgan fingerprint density at radius 2 is 1.84 bits per heavy atom. The predicted molar refractivity (Wildman–Crippen MR) is 82.2 cm³/mol. The first kappa shape index (κ1) is 13.8. The van der Waals surface area contributed by atoms with Crippen molar-refractivity contribution < 1.29 is 0 Å². The maximum atomic E-state index is 6.36. The zero-order valence-electron chi connectivity index (χ0n) is 11.9. The molecule has 0 heterocycles. The Bertz CT molecular complexity index is 531.